The average molecular weight is 429 g/mol. The van der Waals surface area contributed by atoms with Crippen molar-refractivity contribution in [2.75, 3.05) is 16.2 Å². The number of amides is 1. The summed E-state index contributed by atoms with van der Waals surface area (Å²) in [4.78, 5) is 12.9. The number of nitrogens with zero attached hydrogens (tertiary/aromatic N) is 1. The molecule has 3 aromatic carbocycles. The lowest BCUT2D eigenvalue weighted by atomic mass is 10.1. The van der Waals surface area contributed by atoms with Crippen molar-refractivity contribution < 1.29 is 13.2 Å². The fraction of sp³-hybridized carbons (Fsp3) is 0.136. The van der Waals surface area contributed by atoms with E-state index in [4.69, 9.17) is 11.6 Å². The molecular formula is C22H21ClN2O3S. The second-order valence-electron chi connectivity index (χ2n) is 6.37. The summed E-state index contributed by atoms with van der Waals surface area (Å²) in [7, 11) is -3.94. The first-order valence-corrected chi connectivity index (χ1v) is 10.9. The van der Waals surface area contributed by atoms with Gasteiger partial charge in [-0.25, -0.2) is 8.42 Å². The van der Waals surface area contributed by atoms with Gasteiger partial charge in [-0.3, -0.25) is 9.10 Å². The van der Waals surface area contributed by atoms with Gasteiger partial charge in [0.25, 0.3) is 10.0 Å². The number of nitrogens with one attached hydrogen (secondary N) is 1. The topological polar surface area (TPSA) is 66.5 Å². The van der Waals surface area contributed by atoms with E-state index in [1.807, 2.05) is 19.1 Å². The number of benzene rings is 3. The van der Waals surface area contributed by atoms with E-state index < -0.39 is 15.9 Å². The zero-order valence-corrected chi connectivity index (χ0v) is 17.5. The molecule has 29 heavy (non-hydrogen) atoms. The zero-order valence-electron chi connectivity index (χ0n) is 15.9. The average Bonchev–Trinajstić information content (AvgIpc) is 2.72. The second kappa shape index (κ2) is 9.11. The summed E-state index contributed by atoms with van der Waals surface area (Å²) in [5.41, 5.74) is 1.82. The smallest absolute Gasteiger partial charge is 0.264 e. The van der Waals surface area contributed by atoms with Gasteiger partial charge < -0.3 is 5.32 Å². The van der Waals surface area contributed by atoms with Crippen molar-refractivity contribution >= 4 is 38.9 Å². The molecule has 1 amide bonds. The van der Waals surface area contributed by atoms with Gasteiger partial charge in [-0.05, 0) is 48.4 Å². The molecule has 5 nitrogen and oxygen atoms in total. The van der Waals surface area contributed by atoms with Crippen LogP contribution >= 0.6 is 11.6 Å². The Morgan fingerprint density at radius 2 is 1.66 bits per heavy atom. The number of rotatable bonds is 7. The van der Waals surface area contributed by atoms with E-state index in [0.29, 0.717) is 22.8 Å². The number of carbonyl (C=O) groups is 1. The molecule has 3 rings (SSSR count). The third-order valence-corrected chi connectivity index (χ3v) is 6.38. The maximum absolute atomic E-state index is 13.4. The van der Waals surface area contributed by atoms with Gasteiger partial charge in [0, 0.05) is 10.7 Å². The molecule has 0 aliphatic rings. The van der Waals surface area contributed by atoms with Crippen LogP contribution in [-0.2, 0) is 21.2 Å². The number of para-hydroxylation sites is 1. The molecule has 0 fully saturated rings. The minimum absolute atomic E-state index is 0.126. The van der Waals surface area contributed by atoms with Crippen molar-refractivity contribution in [2.45, 2.75) is 18.2 Å². The van der Waals surface area contributed by atoms with Gasteiger partial charge in [-0.1, -0.05) is 61.0 Å². The normalized spacial score (nSPS) is 11.1. The maximum atomic E-state index is 13.4. The van der Waals surface area contributed by atoms with Crippen LogP contribution in [0.5, 0.6) is 0 Å². The zero-order chi connectivity index (χ0) is 20.9. The van der Waals surface area contributed by atoms with Crippen LogP contribution in [0.25, 0.3) is 0 Å². The SMILES string of the molecule is CCc1ccccc1N(CC(=O)Nc1cccc(Cl)c1)S(=O)(=O)c1ccccc1. The van der Waals surface area contributed by atoms with Gasteiger partial charge >= 0.3 is 0 Å². The molecule has 7 heteroatoms. The number of aryl methyl sites for hydroxylation is 1. The van der Waals surface area contributed by atoms with Gasteiger partial charge in [0.1, 0.15) is 6.54 Å². The van der Waals surface area contributed by atoms with Gasteiger partial charge in [0.2, 0.25) is 5.91 Å². The van der Waals surface area contributed by atoms with E-state index in [-0.39, 0.29) is 11.4 Å². The Morgan fingerprint density at radius 1 is 0.966 bits per heavy atom. The van der Waals surface area contributed by atoms with E-state index in [1.165, 1.54) is 12.1 Å². The minimum atomic E-state index is -3.94. The summed E-state index contributed by atoms with van der Waals surface area (Å²) in [5, 5.41) is 3.19. The van der Waals surface area contributed by atoms with Crippen molar-refractivity contribution in [2.24, 2.45) is 0 Å². The molecule has 0 atom stereocenters. The molecule has 0 aliphatic heterocycles. The van der Waals surface area contributed by atoms with Crippen LogP contribution in [0, 0.1) is 0 Å². The lowest BCUT2D eigenvalue weighted by molar-refractivity contribution is -0.114. The van der Waals surface area contributed by atoms with E-state index in [1.54, 1.807) is 54.6 Å². The van der Waals surface area contributed by atoms with Crippen LogP contribution in [0.3, 0.4) is 0 Å². The number of halogens is 1. The highest BCUT2D eigenvalue weighted by Crippen LogP contribution is 2.27. The highest BCUT2D eigenvalue weighted by atomic mass is 35.5. The van der Waals surface area contributed by atoms with Gasteiger partial charge in [0.15, 0.2) is 0 Å². The first kappa shape index (κ1) is 20.9. The van der Waals surface area contributed by atoms with Crippen LogP contribution < -0.4 is 9.62 Å². The predicted molar refractivity (Wildman–Crippen MR) is 117 cm³/mol. The summed E-state index contributed by atoms with van der Waals surface area (Å²) < 4.78 is 27.9. The standard InChI is InChI=1S/C22H21ClN2O3S/c1-2-17-9-6-7-14-21(17)25(29(27,28)20-12-4-3-5-13-20)16-22(26)24-19-11-8-10-18(23)15-19/h3-15H,2,16H2,1H3,(H,24,26). The van der Waals surface area contributed by atoms with E-state index in [2.05, 4.69) is 5.32 Å². The summed E-state index contributed by atoms with van der Waals surface area (Å²) >= 11 is 5.96. The summed E-state index contributed by atoms with van der Waals surface area (Å²) in [6.07, 6.45) is 0.632. The van der Waals surface area contributed by atoms with Gasteiger partial charge in [0.05, 0.1) is 10.6 Å². The molecule has 0 spiro atoms. The number of sulfonamides is 1. The molecule has 0 aromatic heterocycles. The molecule has 150 valence electrons. The maximum Gasteiger partial charge on any atom is 0.264 e. The van der Waals surface area contributed by atoms with E-state index in [0.717, 1.165) is 9.87 Å². The van der Waals surface area contributed by atoms with Crippen molar-refractivity contribution in [1.82, 2.24) is 0 Å². The number of hydrogen-bond acceptors (Lipinski definition) is 3. The third-order valence-electron chi connectivity index (χ3n) is 4.37. The summed E-state index contributed by atoms with van der Waals surface area (Å²) in [6.45, 7) is 1.58. The summed E-state index contributed by atoms with van der Waals surface area (Å²) in [6, 6.07) is 22.0. The van der Waals surface area contributed by atoms with Crippen molar-refractivity contribution in [3.05, 3.63) is 89.4 Å². The van der Waals surface area contributed by atoms with Gasteiger partial charge in [-0.2, -0.15) is 0 Å². The van der Waals surface area contributed by atoms with Crippen LogP contribution in [0.4, 0.5) is 11.4 Å². The Kier molecular flexibility index (Phi) is 6.56. The van der Waals surface area contributed by atoms with Crippen molar-refractivity contribution in [3.63, 3.8) is 0 Å². The number of carbonyl (C=O) groups excluding carboxylic acids is 1. The quantitative estimate of drug-likeness (QED) is 0.591. The molecule has 0 aliphatic carbocycles. The molecule has 0 saturated carbocycles. The Morgan fingerprint density at radius 3 is 2.34 bits per heavy atom. The Labute approximate surface area is 176 Å². The van der Waals surface area contributed by atoms with Crippen LogP contribution in [0.15, 0.2) is 83.8 Å². The first-order chi connectivity index (χ1) is 13.9. The van der Waals surface area contributed by atoms with Crippen LogP contribution in [-0.4, -0.2) is 20.9 Å². The molecule has 0 radical (unpaired) electrons. The lowest BCUT2D eigenvalue weighted by Gasteiger charge is -2.26. The van der Waals surface area contributed by atoms with Gasteiger partial charge in [-0.15, -0.1) is 0 Å². The van der Waals surface area contributed by atoms with Crippen molar-refractivity contribution in [1.29, 1.82) is 0 Å². The molecule has 0 heterocycles. The third kappa shape index (κ3) is 4.96. The molecule has 0 bridgehead atoms. The second-order valence-corrected chi connectivity index (χ2v) is 8.66. The molecular weight excluding hydrogens is 408 g/mol. The largest absolute Gasteiger partial charge is 0.324 e. The number of anilines is 2. The molecule has 0 saturated heterocycles. The van der Waals surface area contributed by atoms with E-state index in [9.17, 15) is 13.2 Å². The number of hydrogen-bond donors (Lipinski definition) is 1. The molecule has 1 N–H and O–H groups in total. The minimum Gasteiger partial charge on any atom is -0.324 e. The first-order valence-electron chi connectivity index (χ1n) is 9.13. The monoisotopic (exact) mass is 428 g/mol. The fourth-order valence-corrected chi connectivity index (χ4v) is 4.64. The molecule has 0 unspecified atom stereocenters. The van der Waals surface area contributed by atoms with Crippen LogP contribution in [0.2, 0.25) is 5.02 Å². The predicted octanol–water partition coefficient (Wildman–Crippen LogP) is 4.74. The Balaban J connectivity index is 1.98. The van der Waals surface area contributed by atoms with Crippen molar-refractivity contribution in [3.8, 4) is 0 Å². The Bertz CT molecular complexity index is 1100. The summed E-state index contributed by atoms with van der Waals surface area (Å²) in [5.74, 6) is -0.460. The lowest BCUT2D eigenvalue weighted by Crippen LogP contribution is -2.38. The Hall–Kier alpha value is -2.83. The fourth-order valence-electron chi connectivity index (χ4n) is 2.97. The highest BCUT2D eigenvalue weighted by molar-refractivity contribution is 7.92. The van der Waals surface area contributed by atoms with E-state index >= 15 is 0 Å². The molecule has 3 aromatic rings. The van der Waals surface area contributed by atoms with Crippen LogP contribution in [0.1, 0.15) is 12.5 Å². The highest BCUT2D eigenvalue weighted by Gasteiger charge is 2.28.